The first-order valence-electron chi connectivity index (χ1n) is 6.76. The molecule has 2 N–H and O–H groups in total. The van der Waals surface area contributed by atoms with Crippen LogP contribution < -0.4 is 4.72 Å². The molecule has 0 fully saturated rings. The summed E-state index contributed by atoms with van der Waals surface area (Å²) in [5.41, 5.74) is 2.38. The number of nitrogens with one attached hydrogen (secondary N) is 2. The molecule has 23 heavy (non-hydrogen) atoms. The zero-order valence-corrected chi connectivity index (χ0v) is 14.5. The smallest absolute Gasteiger partial charge is 0.261 e. The molecule has 0 amide bonds. The molecule has 2 aromatic carbocycles. The minimum Gasteiger partial charge on any atom is -0.360 e. The molecule has 118 valence electrons. The van der Waals surface area contributed by atoms with Gasteiger partial charge in [-0.3, -0.25) is 9.52 Å². The van der Waals surface area contributed by atoms with Gasteiger partial charge in [0, 0.05) is 27.1 Å². The summed E-state index contributed by atoms with van der Waals surface area (Å²) in [5, 5.41) is 0.532. The van der Waals surface area contributed by atoms with Crippen molar-refractivity contribution in [1.29, 1.82) is 0 Å². The van der Waals surface area contributed by atoms with Crippen molar-refractivity contribution in [1.82, 2.24) is 4.98 Å². The summed E-state index contributed by atoms with van der Waals surface area (Å²) in [5.74, 6) is 0. The first-order chi connectivity index (χ1) is 10.9. The highest BCUT2D eigenvalue weighted by Crippen LogP contribution is 2.34. The number of rotatable bonds is 4. The SMILES string of the molecule is Cc1ccc(S(=O)(=O)Nc2c(Br)ccc3[nH]cc(C=O)c23)cc1. The number of halogens is 1. The number of anilines is 1. The molecule has 7 heteroatoms. The molecule has 0 bridgehead atoms. The Hall–Kier alpha value is -2.12. The summed E-state index contributed by atoms with van der Waals surface area (Å²) in [6.07, 6.45) is 2.24. The Morgan fingerprint density at radius 3 is 2.48 bits per heavy atom. The molecule has 0 aliphatic heterocycles. The predicted molar refractivity (Wildman–Crippen MR) is 93.4 cm³/mol. The highest BCUT2D eigenvalue weighted by molar-refractivity contribution is 9.10. The molecule has 1 heterocycles. The monoisotopic (exact) mass is 392 g/mol. The van der Waals surface area contributed by atoms with Gasteiger partial charge in [0.25, 0.3) is 10.0 Å². The van der Waals surface area contributed by atoms with Gasteiger partial charge in [-0.05, 0) is 47.1 Å². The molecule has 0 unspecified atom stereocenters. The summed E-state index contributed by atoms with van der Waals surface area (Å²) in [6.45, 7) is 1.89. The molecule has 0 aliphatic carbocycles. The maximum absolute atomic E-state index is 12.6. The predicted octanol–water partition coefficient (Wildman–Crippen LogP) is 3.85. The van der Waals surface area contributed by atoms with Crippen molar-refractivity contribution in [2.24, 2.45) is 0 Å². The zero-order valence-electron chi connectivity index (χ0n) is 12.1. The van der Waals surface area contributed by atoms with E-state index in [2.05, 4.69) is 25.6 Å². The van der Waals surface area contributed by atoms with Gasteiger partial charge in [0.15, 0.2) is 6.29 Å². The molecule has 0 radical (unpaired) electrons. The summed E-state index contributed by atoms with van der Waals surface area (Å²) >= 11 is 3.35. The van der Waals surface area contributed by atoms with Crippen LogP contribution >= 0.6 is 15.9 Å². The minimum absolute atomic E-state index is 0.162. The van der Waals surface area contributed by atoms with Crippen LogP contribution in [0.25, 0.3) is 10.9 Å². The number of carbonyl (C=O) groups excluding carboxylic acids is 1. The molecule has 3 rings (SSSR count). The molecular weight excluding hydrogens is 380 g/mol. The number of hydrogen-bond donors (Lipinski definition) is 2. The van der Waals surface area contributed by atoms with Crippen LogP contribution in [0.3, 0.4) is 0 Å². The fraction of sp³-hybridized carbons (Fsp3) is 0.0625. The maximum atomic E-state index is 12.6. The van der Waals surface area contributed by atoms with Crippen LogP contribution in [-0.2, 0) is 10.0 Å². The van der Waals surface area contributed by atoms with E-state index in [0.717, 1.165) is 5.56 Å². The van der Waals surface area contributed by atoms with Crippen LogP contribution in [0.5, 0.6) is 0 Å². The largest absolute Gasteiger partial charge is 0.360 e. The van der Waals surface area contributed by atoms with E-state index in [1.54, 1.807) is 42.6 Å². The molecule has 0 saturated carbocycles. The van der Waals surface area contributed by atoms with Gasteiger partial charge in [0.05, 0.1) is 10.6 Å². The molecule has 0 spiro atoms. The summed E-state index contributed by atoms with van der Waals surface area (Å²) in [6, 6.07) is 10.1. The van der Waals surface area contributed by atoms with Gasteiger partial charge in [0.1, 0.15) is 0 Å². The second-order valence-corrected chi connectivity index (χ2v) is 7.66. The lowest BCUT2D eigenvalue weighted by molar-refractivity contribution is 0.112. The third-order valence-electron chi connectivity index (χ3n) is 3.52. The summed E-state index contributed by atoms with van der Waals surface area (Å²) < 4.78 is 28.3. The van der Waals surface area contributed by atoms with E-state index in [1.165, 1.54) is 0 Å². The summed E-state index contributed by atoms with van der Waals surface area (Å²) in [4.78, 5) is 14.3. The van der Waals surface area contributed by atoms with E-state index in [4.69, 9.17) is 0 Å². The molecule has 5 nitrogen and oxygen atoms in total. The van der Waals surface area contributed by atoms with Crippen LogP contribution in [0.1, 0.15) is 15.9 Å². The number of aryl methyl sites for hydroxylation is 1. The van der Waals surface area contributed by atoms with Crippen molar-refractivity contribution in [3.8, 4) is 0 Å². The van der Waals surface area contributed by atoms with Crippen molar-refractivity contribution in [2.45, 2.75) is 11.8 Å². The fourth-order valence-corrected chi connectivity index (χ4v) is 3.98. The first kappa shape index (κ1) is 15.8. The van der Waals surface area contributed by atoms with E-state index >= 15 is 0 Å². The van der Waals surface area contributed by atoms with E-state index in [1.807, 2.05) is 6.92 Å². The molecule has 0 aliphatic rings. The van der Waals surface area contributed by atoms with Crippen molar-refractivity contribution >= 4 is 48.8 Å². The van der Waals surface area contributed by atoms with Gasteiger partial charge in [-0.2, -0.15) is 0 Å². The van der Waals surface area contributed by atoms with Gasteiger partial charge in [-0.15, -0.1) is 0 Å². The number of hydrogen-bond acceptors (Lipinski definition) is 3. The highest BCUT2D eigenvalue weighted by atomic mass is 79.9. The van der Waals surface area contributed by atoms with Crippen molar-refractivity contribution in [3.63, 3.8) is 0 Å². The molecule has 1 aromatic heterocycles. The fourth-order valence-electron chi connectivity index (χ4n) is 2.33. The van der Waals surface area contributed by atoms with Crippen LogP contribution in [-0.4, -0.2) is 19.7 Å². The highest BCUT2D eigenvalue weighted by Gasteiger charge is 2.19. The maximum Gasteiger partial charge on any atom is 0.261 e. The van der Waals surface area contributed by atoms with Gasteiger partial charge in [-0.25, -0.2) is 8.42 Å². The Morgan fingerprint density at radius 2 is 1.83 bits per heavy atom. The molecule has 0 atom stereocenters. The van der Waals surface area contributed by atoms with Crippen molar-refractivity contribution in [2.75, 3.05) is 4.72 Å². The average Bonchev–Trinajstić information content (AvgIpc) is 2.94. The van der Waals surface area contributed by atoms with Crippen LogP contribution in [0, 0.1) is 6.92 Å². The van der Waals surface area contributed by atoms with E-state index in [0.29, 0.717) is 32.9 Å². The Bertz CT molecular complexity index is 992. The number of fused-ring (bicyclic) bond motifs is 1. The average molecular weight is 393 g/mol. The quantitative estimate of drug-likeness (QED) is 0.661. The third kappa shape index (κ3) is 2.89. The second kappa shape index (κ2) is 5.82. The lowest BCUT2D eigenvalue weighted by Gasteiger charge is -2.12. The number of benzene rings is 2. The Kier molecular flexibility index (Phi) is 3.99. The van der Waals surface area contributed by atoms with E-state index < -0.39 is 10.0 Å². The van der Waals surface area contributed by atoms with Crippen molar-refractivity contribution in [3.05, 3.63) is 58.2 Å². The third-order valence-corrected chi connectivity index (χ3v) is 5.55. The van der Waals surface area contributed by atoms with E-state index in [9.17, 15) is 13.2 Å². The number of aromatic nitrogens is 1. The minimum atomic E-state index is -3.76. The number of sulfonamides is 1. The Morgan fingerprint density at radius 1 is 1.13 bits per heavy atom. The van der Waals surface area contributed by atoms with Gasteiger partial charge >= 0.3 is 0 Å². The lowest BCUT2D eigenvalue weighted by atomic mass is 10.1. The topological polar surface area (TPSA) is 79.0 Å². The zero-order chi connectivity index (χ0) is 16.6. The summed E-state index contributed by atoms with van der Waals surface area (Å²) in [7, 11) is -3.76. The van der Waals surface area contributed by atoms with Crippen LogP contribution in [0.15, 0.2) is 52.0 Å². The van der Waals surface area contributed by atoms with Crippen LogP contribution in [0.2, 0.25) is 0 Å². The van der Waals surface area contributed by atoms with Gasteiger partial charge < -0.3 is 4.98 Å². The Balaban J connectivity index is 2.14. The van der Waals surface area contributed by atoms with Crippen molar-refractivity contribution < 1.29 is 13.2 Å². The molecule has 3 aromatic rings. The number of aldehydes is 1. The first-order valence-corrected chi connectivity index (χ1v) is 9.04. The lowest BCUT2D eigenvalue weighted by Crippen LogP contribution is -2.13. The molecular formula is C16H13BrN2O3S. The Labute approximate surface area is 141 Å². The molecule has 0 saturated heterocycles. The number of carbonyl (C=O) groups is 1. The number of H-pyrrole nitrogens is 1. The van der Waals surface area contributed by atoms with Crippen LogP contribution in [0.4, 0.5) is 5.69 Å². The normalized spacial score (nSPS) is 11.6. The van der Waals surface area contributed by atoms with E-state index in [-0.39, 0.29) is 4.90 Å². The standard InChI is InChI=1S/C16H13BrN2O3S/c1-10-2-4-12(5-3-10)23(21,22)19-16-13(17)6-7-14-15(16)11(9-20)8-18-14/h2-9,18-19H,1H3. The van der Waals surface area contributed by atoms with Gasteiger partial charge in [-0.1, -0.05) is 17.7 Å². The second-order valence-electron chi connectivity index (χ2n) is 5.13. The van der Waals surface area contributed by atoms with Gasteiger partial charge in [0.2, 0.25) is 0 Å². The number of aromatic amines is 1.